The standard InChI is InChI=1S/C7H12O2.C4H6O2/c1-5(2)6(3)7(8)9-4;1-3(2)4(5)6/h5H,3H2,1-2,4H3;1H2,2H3,(H,5,6). The zero-order chi connectivity index (χ0) is 12.6. The summed E-state index contributed by atoms with van der Waals surface area (Å²) in [5, 5.41) is 7.89. The van der Waals surface area contributed by atoms with E-state index in [1.54, 1.807) is 0 Å². The van der Waals surface area contributed by atoms with Gasteiger partial charge in [-0.25, -0.2) is 9.59 Å². The molecule has 4 nitrogen and oxygen atoms in total. The topological polar surface area (TPSA) is 63.6 Å². The fraction of sp³-hybridized carbons (Fsp3) is 0.455. The monoisotopic (exact) mass is 214 g/mol. The van der Waals surface area contributed by atoms with E-state index in [9.17, 15) is 9.59 Å². The van der Waals surface area contributed by atoms with Crippen LogP contribution in [-0.2, 0) is 14.3 Å². The van der Waals surface area contributed by atoms with Gasteiger partial charge in [0.1, 0.15) is 0 Å². The molecule has 0 spiro atoms. The van der Waals surface area contributed by atoms with Gasteiger partial charge in [0.05, 0.1) is 7.11 Å². The van der Waals surface area contributed by atoms with Crippen LogP contribution in [0.1, 0.15) is 20.8 Å². The Balaban J connectivity index is 0. The van der Waals surface area contributed by atoms with Crippen molar-refractivity contribution in [2.24, 2.45) is 5.92 Å². The molecule has 0 saturated heterocycles. The minimum absolute atomic E-state index is 0.176. The molecule has 15 heavy (non-hydrogen) atoms. The second-order valence-electron chi connectivity index (χ2n) is 3.26. The van der Waals surface area contributed by atoms with Crippen molar-refractivity contribution in [1.29, 1.82) is 0 Å². The Labute approximate surface area is 90.2 Å². The van der Waals surface area contributed by atoms with Crippen molar-refractivity contribution in [3.8, 4) is 0 Å². The van der Waals surface area contributed by atoms with Crippen molar-refractivity contribution in [3.05, 3.63) is 24.3 Å². The average Bonchev–Trinajstić information content (AvgIpc) is 2.16. The highest BCUT2D eigenvalue weighted by atomic mass is 16.5. The first-order chi connectivity index (χ1) is 6.73. The number of esters is 1. The Bertz CT molecular complexity index is 252. The van der Waals surface area contributed by atoms with Gasteiger partial charge < -0.3 is 9.84 Å². The van der Waals surface area contributed by atoms with Crippen LogP contribution in [0.2, 0.25) is 0 Å². The highest BCUT2D eigenvalue weighted by Crippen LogP contribution is 2.06. The van der Waals surface area contributed by atoms with Crippen LogP contribution in [0.4, 0.5) is 0 Å². The number of ether oxygens (including phenoxy) is 1. The molecule has 1 N–H and O–H groups in total. The Morgan fingerprint density at radius 3 is 1.67 bits per heavy atom. The van der Waals surface area contributed by atoms with Gasteiger partial charge in [0.2, 0.25) is 0 Å². The maximum Gasteiger partial charge on any atom is 0.333 e. The predicted octanol–water partition coefficient (Wildman–Crippen LogP) is 2.02. The van der Waals surface area contributed by atoms with Gasteiger partial charge in [0.25, 0.3) is 0 Å². The molecule has 0 aliphatic heterocycles. The normalized spacial score (nSPS) is 8.60. The van der Waals surface area contributed by atoms with Crippen LogP contribution >= 0.6 is 0 Å². The van der Waals surface area contributed by atoms with Crippen molar-refractivity contribution in [3.63, 3.8) is 0 Å². The van der Waals surface area contributed by atoms with E-state index in [-0.39, 0.29) is 17.5 Å². The number of carboxylic acids is 1. The molecule has 0 atom stereocenters. The minimum atomic E-state index is -0.935. The molecule has 0 aliphatic carbocycles. The molecule has 0 aliphatic rings. The maximum absolute atomic E-state index is 10.6. The first kappa shape index (κ1) is 15.9. The summed E-state index contributed by atoms with van der Waals surface area (Å²) in [4.78, 5) is 20.2. The lowest BCUT2D eigenvalue weighted by Crippen LogP contribution is -2.08. The fourth-order valence-corrected chi connectivity index (χ4v) is 0.367. The molecule has 0 aromatic heterocycles. The zero-order valence-electron chi connectivity index (χ0n) is 9.66. The molecule has 0 bridgehead atoms. The minimum Gasteiger partial charge on any atom is -0.478 e. The maximum atomic E-state index is 10.6. The van der Waals surface area contributed by atoms with Crippen molar-refractivity contribution in [1.82, 2.24) is 0 Å². The van der Waals surface area contributed by atoms with E-state index in [0.717, 1.165) is 0 Å². The largest absolute Gasteiger partial charge is 0.478 e. The van der Waals surface area contributed by atoms with E-state index in [2.05, 4.69) is 17.9 Å². The van der Waals surface area contributed by atoms with Gasteiger partial charge in [-0.15, -0.1) is 0 Å². The number of carbonyl (C=O) groups excluding carboxylic acids is 1. The third kappa shape index (κ3) is 8.74. The second kappa shape index (κ2) is 7.79. The SMILES string of the molecule is C=C(C(=O)OC)C(C)C.C=C(C)C(=O)O. The molecule has 0 aromatic carbocycles. The summed E-state index contributed by atoms with van der Waals surface area (Å²) in [6.07, 6.45) is 0. The molecule has 0 rings (SSSR count). The van der Waals surface area contributed by atoms with Gasteiger partial charge >= 0.3 is 11.9 Å². The van der Waals surface area contributed by atoms with E-state index in [1.807, 2.05) is 13.8 Å². The van der Waals surface area contributed by atoms with Crippen LogP contribution in [0.15, 0.2) is 24.3 Å². The van der Waals surface area contributed by atoms with E-state index < -0.39 is 5.97 Å². The Kier molecular flexibility index (Phi) is 8.24. The van der Waals surface area contributed by atoms with Crippen LogP contribution in [0, 0.1) is 5.92 Å². The van der Waals surface area contributed by atoms with Gasteiger partial charge in [-0.3, -0.25) is 0 Å². The number of rotatable bonds is 3. The summed E-state index contributed by atoms with van der Waals surface area (Å²) < 4.78 is 4.43. The fourth-order valence-electron chi connectivity index (χ4n) is 0.367. The van der Waals surface area contributed by atoms with Crippen molar-refractivity contribution >= 4 is 11.9 Å². The van der Waals surface area contributed by atoms with Crippen LogP contribution in [0.25, 0.3) is 0 Å². The number of methoxy groups -OCH3 is 1. The van der Waals surface area contributed by atoms with Gasteiger partial charge in [-0.1, -0.05) is 27.0 Å². The third-order valence-electron chi connectivity index (χ3n) is 1.51. The summed E-state index contributed by atoms with van der Waals surface area (Å²) in [6, 6.07) is 0. The van der Waals surface area contributed by atoms with E-state index in [4.69, 9.17) is 5.11 Å². The van der Waals surface area contributed by atoms with Gasteiger partial charge in [0, 0.05) is 11.1 Å². The lowest BCUT2D eigenvalue weighted by Gasteiger charge is -2.04. The van der Waals surface area contributed by atoms with E-state index in [0.29, 0.717) is 5.57 Å². The highest BCUT2D eigenvalue weighted by Gasteiger charge is 2.09. The summed E-state index contributed by atoms with van der Waals surface area (Å²) in [5.74, 6) is -1.07. The van der Waals surface area contributed by atoms with Gasteiger partial charge in [0.15, 0.2) is 0 Å². The number of aliphatic carboxylic acids is 1. The molecule has 86 valence electrons. The zero-order valence-corrected chi connectivity index (χ0v) is 9.66. The smallest absolute Gasteiger partial charge is 0.333 e. The molecule has 0 fully saturated rings. The van der Waals surface area contributed by atoms with Crippen LogP contribution in [0.3, 0.4) is 0 Å². The summed E-state index contributed by atoms with van der Waals surface area (Å²) in [6.45, 7) is 12.0. The molecule has 0 saturated carbocycles. The number of carbonyl (C=O) groups is 2. The number of hydrogen-bond donors (Lipinski definition) is 1. The van der Waals surface area contributed by atoms with Crippen molar-refractivity contribution in [2.75, 3.05) is 7.11 Å². The predicted molar refractivity (Wildman–Crippen MR) is 58.4 cm³/mol. The molecule has 0 amide bonds. The third-order valence-corrected chi connectivity index (χ3v) is 1.51. The van der Waals surface area contributed by atoms with E-state index in [1.165, 1.54) is 14.0 Å². The lowest BCUT2D eigenvalue weighted by atomic mass is 10.1. The van der Waals surface area contributed by atoms with Crippen molar-refractivity contribution in [2.45, 2.75) is 20.8 Å². The molecule has 0 radical (unpaired) electrons. The summed E-state index contributed by atoms with van der Waals surface area (Å²) in [7, 11) is 1.36. The Morgan fingerprint density at radius 2 is 1.60 bits per heavy atom. The van der Waals surface area contributed by atoms with Gasteiger partial charge in [-0.2, -0.15) is 0 Å². The molecule has 0 unspecified atom stereocenters. The van der Waals surface area contributed by atoms with Crippen LogP contribution in [0.5, 0.6) is 0 Å². The quantitative estimate of drug-likeness (QED) is 0.576. The lowest BCUT2D eigenvalue weighted by molar-refractivity contribution is -0.136. The second-order valence-corrected chi connectivity index (χ2v) is 3.26. The molecule has 0 heterocycles. The Hall–Kier alpha value is -1.58. The molecular formula is C11H18O4. The Morgan fingerprint density at radius 1 is 1.27 bits per heavy atom. The molecule has 4 heteroatoms. The van der Waals surface area contributed by atoms with Crippen LogP contribution in [-0.4, -0.2) is 24.2 Å². The first-order valence-electron chi connectivity index (χ1n) is 4.39. The van der Waals surface area contributed by atoms with E-state index >= 15 is 0 Å². The molecule has 0 aromatic rings. The first-order valence-corrected chi connectivity index (χ1v) is 4.39. The summed E-state index contributed by atoms with van der Waals surface area (Å²) >= 11 is 0. The number of hydrogen-bond acceptors (Lipinski definition) is 3. The summed E-state index contributed by atoms with van der Waals surface area (Å²) in [5.41, 5.74) is 0.701. The average molecular weight is 214 g/mol. The van der Waals surface area contributed by atoms with Crippen molar-refractivity contribution < 1.29 is 19.4 Å². The van der Waals surface area contributed by atoms with Gasteiger partial charge in [-0.05, 0) is 12.8 Å². The molecular weight excluding hydrogens is 196 g/mol. The highest BCUT2D eigenvalue weighted by molar-refractivity contribution is 5.87. The number of carboxylic acid groups (broad SMARTS) is 1. The van der Waals surface area contributed by atoms with Crippen LogP contribution < -0.4 is 0 Å².